The van der Waals surface area contributed by atoms with E-state index >= 15 is 0 Å². The first kappa shape index (κ1) is 14.6. The predicted molar refractivity (Wildman–Crippen MR) is 85.7 cm³/mol. The van der Waals surface area contributed by atoms with E-state index in [0.717, 1.165) is 11.4 Å². The van der Waals surface area contributed by atoms with Gasteiger partial charge in [-0.15, -0.1) is 0 Å². The molecular weight excluding hydrogens is 292 g/mol. The number of aryl methyl sites for hydroxylation is 1. The van der Waals surface area contributed by atoms with Gasteiger partial charge >= 0.3 is 5.97 Å². The number of ether oxygens (including phenoxy) is 1. The van der Waals surface area contributed by atoms with Crippen LogP contribution in [0.1, 0.15) is 16.1 Å². The summed E-state index contributed by atoms with van der Waals surface area (Å²) in [6.07, 6.45) is 4.59. The van der Waals surface area contributed by atoms with E-state index in [2.05, 4.69) is 20.3 Å². The van der Waals surface area contributed by atoms with Gasteiger partial charge in [0.2, 0.25) is 0 Å². The lowest BCUT2D eigenvalue weighted by atomic mass is 10.2. The Morgan fingerprint density at radius 3 is 2.70 bits per heavy atom. The van der Waals surface area contributed by atoms with E-state index in [4.69, 9.17) is 4.74 Å². The van der Waals surface area contributed by atoms with Gasteiger partial charge in [0.1, 0.15) is 17.9 Å². The van der Waals surface area contributed by atoms with Gasteiger partial charge in [-0.05, 0) is 31.2 Å². The van der Waals surface area contributed by atoms with Crippen molar-refractivity contribution in [3.63, 3.8) is 0 Å². The lowest BCUT2D eigenvalue weighted by Crippen LogP contribution is -2.08. The van der Waals surface area contributed by atoms with Crippen LogP contribution in [0.25, 0.3) is 0 Å². The van der Waals surface area contributed by atoms with E-state index in [-0.39, 0.29) is 0 Å². The van der Waals surface area contributed by atoms with Crippen LogP contribution in [0.4, 0.5) is 11.5 Å². The number of hydrogen-bond acceptors (Lipinski definition) is 6. The average Bonchev–Trinajstić information content (AvgIpc) is 2.56. The Balaban J connectivity index is 1.74. The zero-order valence-electron chi connectivity index (χ0n) is 12.4. The molecule has 0 fully saturated rings. The van der Waals surface area contributed by atoms with Crippen molar-refractivity contribution in [2.75, 3.05) is 5.32 Å². The number of benzene rings is 1. The fourth-order valence-corrected chi connectivity index (χ4v) is 1.96. The van der Waals surface area contributed by atoms with Gasteiger partial charge in [-0.3, -0.25) is 4.98 Å². The third-order valence-electron chi connectivity index (χ3n) is 3.04. The minimum absolute atomic E-state index is 0.428. The van der Waals surface area contributed by atoms with Crippen molar-refractivity contribution >= 4 is 17.5 Å². The number of nitrogens with zero attached hydrogens (tertiary/aromatic N) is 3. The summed E-state index contributed by atoms with van der Waals surface area (Å²) in [4.78, 5) is 24.1. The molecular formula is C17H14N4O2. The largest absolute Gasteiger partial charge is 0.423 e. The quantitative estimate of drug-likeness (QED) is 0.589. The summed E-state index contributed by atoms with van der Waals surface area (Å²) in [6.45, 7) is 1.89. The number of aromatic nitrogens is 3. The average molecular weight is 306 g/mol. The summed E-state index contributed by atoms with van der Waals surface area (Å²) in [5.41, 5.74) is 2.08. The van der Waals surface area contributed by atoms with Crippen LogP contribution < -0.4 is 10.1 Å². The van der Waals surface area contributed by atoms with Crippen LogP contribution in [0.5, 0.6) is 5.75 Å². The summed E-state index contributed by atoms with van der Waals surface area (Å²) in [6, 6.07) is 12.1. The number of hydrogen-bond donors (Lipinski definition) is 1. The Morgan fingerprint density at radius 2 is 1.91 bits per heavy atom. The Hall–Kier alpha value is -3.28. The van der Waals surface area contributed by atoms with Crippen LogP contribution in [-0.4, -0.2) is 20.9 Å². The molecule has 1 N–H and O–H groups in total. The summed E-state index contributed by atoms with van der Waals surface area (Å²) in [5.74, 6) is 0.695. The summed E-state index contributed by atoms with van der Waals surface area (Å²) < 4.78 is 5.36. The van der Waals surface area contributed by atoms with Gasteiger partial charge in [-0.25, -0.2) is 14.8 Å². The second-order valence-corrected chi connectivity index (χ2v) is 4.82. The van der Waals surface area contributed by atoms with Crippen LogP contribution in [0, 0.1) is 6.92 Å². The van der Waals surface area contributed by atoms with Gasteiger partial charge in [-0.1, -0.05) is 6.07 Å². The normalized spacial score (nSPS) is 10.1. The van der Waals surface area contributed by atoms with Crippen molar-refractivity contribution in [1.82, 2.24) is 15.0 Å². The molecule has 0 spiro atoms. The highest BCUT2D eigenvalue weighted by molar-refractivity contribution is 5.90. The van der Waals surface area contributed by atoms with Crippen molar-refractivity contribution in [2.45, 2.75) is 6.92 Å². The molecule has 2 heterocycles. The molecule has 0 radical (unpaired) electrons. The molecule has 3 rings (SSSR count). The van der Waals surface area contributed by atoms with Crippen LogP contribution in [0.2, 0.25) is 0 Å². The number of anilines is 2. The highest BCUT2D eigenvalue weighted by Crippen LogP contribution is 2.21. The Kier molecular flexibility index (Phi) is 4.24. The Morgan fingerprint density at radius 1 is 1.09 bits per heavy atom. The van der Waals surface area contributed by atoms with Crippen LogP contribution in [-0.2, 0) is 0 Å². The van der Waals surface area contributed by atoms with Crippen molar-refractivity contribution in [3.05, 3.63) is 72.4 Å². The standard InChI is InChI=1S/C17H14N4O2/c1-12-9-16(20-11-19-12)21-14-3-2-4-15(10-14)23-17(22)13-5-7-18-8-6-13/h2-11H,1H3,(H,19,20,21). The zero-order valence-corrected chi connectivity index (χ0v) is 12.4. The maximum absolute atomic E-state index is 12.0. The lowest BCUT2D eigenvalue weighted by molar-refractivity contribution is 0.0735. The van der Waals surface area contributed by atoms with E-state index in [1.54, 1.807) is 42.7 Å². The molecule has 0 aliphatic heterocycles. The molecule has 0 saturated heterocycles. The molecule has 0 bridgehead atoms. The first-order valence-corrected chi connectivity index (χ1v) is 6.99. The van der Waals surface area contributed by atoms with Crippen molar-refractivity contribution in [3.8, 4) is 5.75 Å². The van der Waals surface area contributed by atoms with Crippen LogP contribution in [0.15, 0.2) is 61.2 Å². The van der Waals surface area contributed by atoms with Gasteiger partial charge in [0, 0.05) is 35.9 Å². The molecule has 23 heavy (non-hydrogen) atoms. The number of carbonyl (C=O) groups excluding carboxylic acids is 1. The molecule has 0 aliphatic carbocycles. The maximum Gasteiger partial charge on any atom is 0.343 e. The fourth-order valence-electron chi connectivity index (χ4n) is 1.96. The highest BCUT2D eigenvalue weighted by atomic mass is 16.5. The molecule has 3 aromatic rings. The van der Waals surface area contributed by atoms with Crippen LogP contribution in [0.3, 0.4) is 0 Å². The second kappa shape index (κ2) is 6.65. The SMILES string of the molecule is Cc1cc(Nc2cccc(OC(=O)c3ccncc3)c2)ncn1. The molecule has 0 unspecified atom stereocenters. The smallest absolute Gasteiger partial charge is 0.343 e. The lowest BCUT2D eigenvalue weighted by Gasteiger charge is -2.08. The number of nitrogens with one attached hydrogen (secondary N) is 1. The van der Waals surface area contributed by atoms with E-state index in [1.165, 1.54) is 6.33 Å². The van der Waals surface area contributed by atoms with Gasteiger partial charge in [0.05, 0.1) is 5.56 Å². The molecule has 6 nitrogen and oxygen atoms in total. The minimum Gasteiger partial charge on any atom is -0.423 e. The third kappa shape index (κ3) is 3.88. The number of esters is 1. The third-order valence-corrected chi connectivity index (χ3v) is 3.04. The second-order valence-electron chi connectivity index (χ2n) is 4.82. The van der Waals surface area contributed by atoms with Gasteiger partial charge in [0.25, 0.3) is 0 Å². The van der Waals surface area contributed by atoms with Crippen LogP contribution >= 0.6 is 0 Å². The van der Waals surface area contributed by atoms with Gasteiger partial charge < -0.3 is 10.1 Å². The molecule has 0 amide bonds. The predicted octanol–water partition coefficient (Wildman–Crippen LogP) is 3.14. The highest BCUT2D eigenvalue weighted by Gasteiger charge is 2.08. The van der Waals surface area contributed by atoms with E-state index < -0.39 is 5.97 Å². The Labute approximate surface area is 133 Å². The number of carbonyl (C=O) groups is 1. The van der Waals surface area contributed by atoms with E-state index in [0.29, 0.717) is 17.1 Å². The summed E-state index contributed by atoms with van der Waals surface area (Å²) >= 11 is 0. The van der Waals surface area contributed by atoms with E-state index in [9.17, 15) is 4.79 Å². The molecule has 0 aliphatic rings. The molecule has 0 saturated carbocycles. The molecule has 114 valence electrons. The zero-order chi connectivity index (χ0) is 16.1. The monoisotopic (exact) mass is 306 g/mol. The number of pyridine rings is 1. The van der Waals surface area contributed by atoms with Crippen molar-refractivity contribution in [2.24, 2.45) is 0 Å². The number of rotatable bonds is 4. The van der Waals surface area contributed by atoms with Gasteiger partial charge in [0.15, 0.2) is 0 Å². The Bertz CT molecular complexity index is 822. The summed E-state index contributed by atoms with van der Waals surface area (Å²) in [7, 11) is 0. The van der Waals surface area contributed by atoms with Crippen molar-refractivity contribution in [1.29, 1.82) is 0 Å². The molecule has 1 aromatic carbocycles. The molecule has 0 atom stereocenters. The topological polar surface area (TPSA) is 77.0 Å². The fraction of sp³-hybridized carbons (Fsp3) is 0.0588. The summed E-state index contributed by atoms with van der Waals surface area (Å²) in [5, 5.41) is 3.15. The molecule has 2 aromatic heterocycles. The molecule has 6 heteroatoms. The minimum atomic E-state index is -0.428. The van der Waals surface area contributed by atoms with Gasteiger partial charge in [-0.2, -0.15) is 0 Å². The van der Waals surface area contributed by atoms with E-state index in [1.807, 2.05) is 19.1 Å². The maximum atomic E-state index is 12.0. The van der Waals surface area contributed by atoms with Crippen molar-refractivity contribution < 1.29 is 9.53 Å². The first-order chi connectivity index (χ1) is 11.2. The first-order valence-electron chi connectivity index (χ1n) is 6.99.